The molecule has 1 aliphatic rings. The molecule has 6 heteroatoms. The first kappa shape index (κ1) is 14.6. The smallest absolute Gasteiger partial charge is 0.237 e. The van der Waals surface area contributed by atoms with E-state index in [0.29, 0.717) is 5.92 Å². The van der Waals surface area contributed by atoms with E-state index in [2.05, 4.69) is 15.3 Å². The molecule has 0 saturated heterocycles. The van der Waals surface area contributed by atoms with Crippen molar-refractivity contribution in [2.24, 2.45) is 5.73 Å². The summed E-state index contributed by atoms with van der Waals surface area (Å²) in [6.45, 7) is 6.19. The minimum absolute atomic E-state index is 0.146. The number of nitrogens with zero attached hydrogens (tertiary/aromatic N) is 3. The Morgan fingerprint density at radius 1 is 1.45 bits per heavy atom. The van der Waals surface area contributed by atoms with E-state index in [1.807, 2.05) is 32.7 Å². The quantitative estimate of drug-likeness (QED) is 0.821. The molecule has 0 bridgehead atoms. The molecule has 3 N–H and O–H groups in total. The van der Waals surface area contributed by atoms with Crippen LogP contribution in [0.5, 0.6) is 0 Å². The van der Waals surface area contributed by atoms with Crippen LogP contribution in [0.3, 0.4) is 0 Å². The highest BCUT2D eigenvalue weighted by atomic mass is 16.1. The molecule has 1 aromatic rings. The van der Waals surface area contributed by atoms with Gasteiger partial charge in [-0.15, -0.1) is 0 Å². The molecule has 1 heterocycles. The molecule has 0 aromatic carbocycles. The third-order valence-electron chi connectivity index (χ3n) is 3.54. The molecule has 1 aromatic heterocycles. The van der Waals surface area contributed by atoms with Gasteiger partial charge in [0.25, 0.3) is 0 Å². The van der Waals surface area contributed by atoms with Gasteiger partial charge < -0.3 is 16.0 Å². The van der Waals surface area contributed by atoms with Crippen molar-refractivity contribution >= 4 is 17.5 Å². The van der Waals surface area contributed by atoms with E-state index in [0.717, 1.165) is 35.9 Å². The van der Waals surface area contributed by atoms with Gasteiger partial charge in [-0.1, -0.05) is 0 Å². The molecular formula is C14H23N5O. The van der Waals surface area contributed by atoms with Crippen molar-refractivity contribution < 1.29 is 4.79 Å². The van der Waals surface area contributed by atoms with E-state index >= 15 is 0 Å². The number of hydrogen-bond acceptors (Lipinski definition) is 5. The Labute approximate surface area is 119 Å². The third-order valence-corrected chi connectivity index (χ3v) is 3.54. The highest BCUT2D eigenvalue weighted by Crippen LogP contribution is 2.40. The lowest BCUT2D eigenvalue weighted by Crippen LogP contribution is -2.39. The van der Waals surface area contributed by atoms with Gasteiger partial charge in [-0.2, -0.15) is 0 Å². The van der Waals surface area contributed by atoms with Gasteiger partial charge in [0.2, 0.25) is 5.91 Å². The summed E-state index contributed by atoms with van der Waals surface area (Å²) in [7, 11) is 1.85. The number of rotatable bonds is 6. The molecule has 110 valence electrons. The van der Waals surface area contributed by atoms with Crippen molar-refractivity contribution in [2.45, 2.75) is 45.6 Å². The topological polar surface area (TPSA) is 84.1 Å². The van der Waals surface area contributed by atoms with Crippen LogP contribution in [0.2, 0.25) is 0 Å². The van der Waals surface area contributed by atoms with Gasteiger partial charge in [-0.3, -0.25) is 4.79 Å². The summed E-state index contributed by atoms with van der Waals surface area (Å²) in [6.07, 6.45) is 2.28. The first-order chi connectivity index (χ1) is 9.43. The second-order valence-electron chi connectivity index (χ2n) is 5.59. The molecule has 6 nitrogen and oxygen atoms in total. The Bertz CT molecular complexity index is 511. The SMILES string of the molecule is CNc1nc(C2CC2)nc(N(CC(N)=O)C(C)C)c1C. The highest BCUT2D eigenvalue weighted by molar-refractivity contribution is 5.80. The molecule has 0 radical (unpaired) electrons. The summed E-state index contributed by atoms with van der Waals surface area (Å²) in [6, 6.07) is 0.146. The average molecular weight is 277 g/mol. The molecule has 0 aliphatic heterocycles. The lowest BCUT2D eigenvalue weighted by Gasteiger charge is -2.28. The maximum Gasteiger partial charge on any atom is 0.237 e. The van der Waals surface area contributed by atoms with Crippen LogP contribution in [0.1, 0.15) is 44.0 Å². The molecule has 0 spiro atoms. The number of anilines is 2. The largest absolute Gasteiger partial charge is 0.373 e. The third kappa shape index (κ3) is 3.00. The van der Waals surface area contributed by atoms with Crippen molar-refractivity contribution in [3.8, 4) is 0 Å². The maximum absolute atomic E-state index is 11.3. The van der Waals surface area contributed by atoms with Crippen molar-refractivity contribution in [2.75, 3.05) is 23.8 Å². The lowest BCUT2D eigenvalue weighted by molar-refractivity contribution is -0.116. The Balaban J connectivity index is 2.45. The molecule has 1 saturated carbocycles. The van der Waals surface area contributed by atoms with Gasteiger partial charge in [0.15, 0.2) is 0 Å². The number of nitrogens with two attached hydrogens (primary N) is 1. The summed E-state index contributed by atoms with van der Waals surface area (Å²) in [5.41, 5.74) is 6.31. The van der Waals surface area contributed by atoms with E-state index in [1.165, 1.54) is 0 Å². The fourth-order valence-corrected chi connectivity index (χ4v) is 2.24. The zero-order valence-electron chi connectivity index (χ0n) is 12.6. The molecular weight excluding hydrogens is 254 g/mol. The number of carbonyl (C=O) groups is 1. The normalized spacial score (nSPS) is 14.4. The standard InChI is InChI=1S/C14H23N5O/c1-8(2)19(7-11(15)20)14-9(3)12(16-4)17-13(18-14)10-5-6-10/h8,10H,5-7H2,1-4H3,(H2,15,20)(H,16,17,18). The predicted molar refractivity (Wildman–Crippen MR) is 80.0 cm³/mol. The van der Waals surface area contributed by atoms with Crippen LogP contribution >= 0.6 is 0 Å². The zero-order valence-corrected chi connectivity index (χ0v) is 12.6. The maximum atomic E-state index is 11.3. The Kier molecular flexibility index (Phi) is 4.11. The number of hydrogen-bond donors (Lipinski definition) is 2. The second-order valence-corrected chi connectivity index (χ2v) is 5.59. The van der Waals surface area contributed by atoms with Crippen LogP contribution in [0.15, 0.2) is 0 Å². The molecule has 0 unspecified atom stereocenters. The van der Waals surface area contributed by atoms with Crippen molar-refractivity contribution in [1.82, 2.24) is 9.97 Å². The predicted octanol–water partition coefficient (Wildman–Crippen LogP) is 1.40. The van der Waals surface area contributed by atoms with E-state index < -0.39 is 0 Å². The van der Waals surface area contributed by atoms with Crippen LogP contribution < -0.4 is 16.0 Å². The van der Waals surface area contributed by atoms with Crippen LogP contribution in [-0.4, -0.2) is 35.5 Å². The number of carbonyl (C=O) groups excluding carboxylic acids is 1. The lowest BCUT2D eigenvalue weighted by atomic mass is 10.2. The van der Waals surface area contributed by atoms with Crippen molar-refractivity contribution in [1.29, 1.82) is 0 Å². The number of amides is 1. The van der Waals surface area contributed by atoms with E-state index in [1.54, 1.807) is 0 Å². The zero-order chi connectivity index (χ0) is 14.9. The Hall–Kier alpha value is -1.85. The van der Waals surface area contributed by atoms with Crippen LogP contribution in [-0.2, 0) is 4.79 Å². The molecule has 20 heavy (non-hydrogen) atoms. The first-order valence-corrected chi connectivity index (χ1v) is 7.05. The molecule has 2 rings (SSSR count). The van der Waals surface area contributed by atoms with E-state index in [-0.39, 0.29) is 18.5 Å². The van der Waals surface area contributed by atoms with Gasteiger partial charge in [0.05, 0.1) is 6.54 Å². The fourth-order valence-electron chi connectivity index (χ4n) is 2.24. The van der Waals surface area contributed by atoms with Gasteiger partial charge >= 0.3 is 0 Å². The molecule has 1 amide bonds. The van der Waals surface area contributed by atoms with Gasteiger partial charge in [-0.25, -0.2) is 9.97 Å². The number of primary amides is 1. The summed E-state index contributed by atoms with van der Waals surface area (Å²) >= 11 is 0. The first-order valence-electron chi connectivity index (χ1n) is 7.05. The summed E-state index contributed by atoms with van der Waals surface area (Å²) in [5, 5.41) is 3.11. The molecule has 1 fully saturated rings. The summed E-state index contributed by atoms with van der Waals surface area (Å²) in [5.74, 6) is 2.61. The van der Waals surface area contributed by atoms with Gasteiger partial charge in [0.1, 0.15) is 17.5 Å². The highest BCUT2D eigenvalue weighted by Gasteiger charge is 2.29. The molecule has 1 aliphatic carbocycles. The van der Waals surface area contributed by atoms with Crippen molar-refractivity contribution in [3.05, 3.63) is 11.4 Å². The van der Waals surface area contributed by atoms with Crippen LogP contribution in [0.4, 0.5) is 11.6 Å². The average Bonchev–Trinajstić information content (AvgIpc) is 3.20. The molecule has 0 atom stereocenters. The second kappa shape index (κ2) is 5.64. The van der Waals surface area contributed by atoms with Crippen molar-refractivity contribution in [3.63, 3.8) is 0 Å². The summed E-state index contributed by atoms with van der Waals surface area (Å²) in [4.78, 5) is 22.5. The van der Waals surface area contributed by atoms with Crippen LogP contribution in [0, 0.1) is 6.92 Å². The monoisotopic (exact) mass is 277 g/mol. The van der Waals surface area contributed by atoms with E-state index in [9.17, 15) is 4.79 Å². The van der Waals surface area contributed by atoms with Gasteiger partial charge in [-0.05, 0) is 33.6 Å². The van der Waals surface area contributed by atoms with Crippen LogP contribution in [0.25, 0.3) is 0 Å². The fraction of sp³-hybridized carbons (Fsp3) is 0.643. The number of nitrogens with one attached hydrogen (secondary N) is 1. The number of aromatic nitrogens is 2. The summed E-state index contributed by atoms with van der Waals surface area (Å²) < 4.78 is 0. The van der Waals surface area contributed by atoms with E-state index in [4.69, 9.17) is 5.73 Å². The Morgan fingerprint density at radius 2 is 2.10 bits per heavy atom. The van der Waals surface area contributed by atoms with Gasteiger partial charge in [0, 0.05) is 24.6 Å². The Morgan fingerprint density at radius 3 is 2.55 bits per heavy atom. The minimum atomic E-state index is -0.351. The minimum Gasteiger partial charge on any atom is -0.373 e.